The Kier molecular flexibility index (Phi) is 5.77. The lowest BCUT2D eigenvalue weighted by atomic mass is 10.1. The SMILES string of the molecule is CC.CC.O=c1c2c([nH]c(=S)n1Cc1ccco1)=CC1CC1C=2.[HH]. The Bertz CT molecular complexity index is 881. The van der Waals surface area contributed by atoms with Gasteiger partial charge >= 0.3 is 0 Å². The van der Waals surface area contributed by atoms with Crippen LogP contribution in [0.15, 0.2) is 27.6 Å². The van der Waals surface area contributed by atoms with Gasteiger partial charge < -0.3 is 9.40 Å². The summed E-state index contributed by atoms with van der Waals surface area (Å²) in [6.45, 7) is 8.37. The molecule has 2 atom stereocenters. The third-order valence-electron chi connectivity index (χ3n) is 3.80. The van der Waals surface area contributed by atoms with Gasteiger partial charge in [-0.2, -0.15) is 0 Å². The lowest BCUT2D eigenvalue weighted by Crippen LogP contribution is -2.48. The molecule has 0 amide bonds. The number of nitrogens with one attached hydrogen (secondary N) is 1. The highest BCUT2D eigenvalue weighted by Gasteiger charge is 2.35. The molecule has 0 aromatic carbocycles. The average molecular weight is 334 g/mol. The summed E-state index contributed by atoms with van der Waals surface area (Å²) >= 11 is 5.28. The minimum Gasteiger partial charge on any atom is -0.467 e. The van der Waals surface area contributed by atoms with Gasteiger partial charge in [0.25, 0.3) is 5.56 Å². The highest BCUT2D eigenvalue weighted by Crippen LogP contribution is 2.41. The van der Waals surface area contributed by atoms with Crippen molar-refractivity contribution in [3.63, 3.8) is 0 Å². The molecule has 0 saturated heterocycles. The molecule has 2 aromatic rings. The molecule has 1 fully saturated rings. The maximum atomic E-state index is 12.5. The number of aromatic amines is 1. The van der Waals surface area contributed by atoms with Crippen LogP contribution in [0, 0.1) is 16.6 Å². The number of H-pyrrole nitrogens is 1. The quantitative estimate of drug-likeness (QED) is 0.859. The number of hydrogen-bond acceptors (Lipinski definition) is 3. The zero-order chi connectivity index (χ0) is 17.0. The standard InChI is InChI=1S/C14H12N2O2S.2C2H6.H2/c17-13-11-5-8-4-9(8)6-12(11)15-14(19)16(13)7-10-2-1-3-18-10;2*1-2;/h1-3,5-6,8-9H,4,7H2,(H,15,19);2*1-2H3;1H. The summed E-state index contributed by atoms with van der Waals surface area (Å²) in [4.78, 5) is 15.7. The smallest absolute Gasteiger partial charge is 0.262 e. The minimum atomic E-state index is -0.0308. The van der Waals surface area contributed by atoms with Crippen molar-refractivity contribution in [1.29, 1.82) is 0 Å². The Hall–Kier alpha value is -1.88. The van der Waals surface area contributed by atoms with E-state index in [0.717, 1.165) is 22.7 Å². The van der Waals surface area contributed by atoms with Crippen molar-refractivity contribution >= 4 is 24.4 Å². The number of hydrogen-bond donors (Lipinski definition) is 1. The van der Waals surface area contributed by atoms with Crippen LogP contribution < -0.4 is 16.1 Å². The molecule has 1 saturated carbocycles. The van der Waals surface area contributed by atoms with Crippen LogP contribution >= 0.6 is 12.2 Å². The normalized spacial score (nSPS) is 19.5. The molecule has 0 radical (unpaired) electrons. The summed E-state index contributed by atoms with van der Waals surface area (Å²) in [5.41, 5.74) is -0.0308. The zero-order valence-electron chi connectivity index (χ0n) is 14.1. The molecular formula is C18H26N2O2S. The van der Waals surface area contributed by atoms with Crippen LogP contribution in [-0.4, -0.2) is 9.55 Å². The van der Waals surface area contributed by atoms with Crippen molar-refractivity contribution in [2.75, 3.05) is 0 Å². The third-order valence-corrected chi connectivity index (χ3v) is 4.12. The maximum Gasteiger partial charge on any atom is 0.262 e. The lowest BCUT2D eigenvalue weighted by molar-refractivity contribution is 0.485. The molecule has 2 aliphatic rings. The van der Waals surface area contributed by atoms with Gasteiger partial charge in [-0.25, -0.2) is 0 Å². The van der Waals surface area contributed by atoms with E-state index in [1.165, 1.54) is 0 Å². The van der Waals surface area contributed by atoms with Gasteiger partial charge in [0, 0.05) is 6.78 Å². The largest absolute Gasteiger partial charge is 0.467 e. The van der Waals surface area contributed by atoms with Crippen molar-refractivity contribution in [3.05, 3.63) is 49.8 Å². The summed E-state index contributed by atoms with van der Waals surface area (Å²) in [5, 5.41) is 1.63. The molecule has 126 valence electrons. The van der Waals surface area contributed by atoms with E-state index in [1.807, 2.05) is 33.8 Å². The molecule has 4 rings (SSSR count). The molecule has 0 aliphatic heterocycles. The fraction of sp³-hybridized carbons (Fsp3) is 0.444. The number of furan rings is 1. The first-order valence-electron chi connectivity index (χ1n) is 8.31. The van der Waals surface area contributed by atoms with Gasteiger partial charge in [0.2, 0.25) is 0 Å². The first-order valence-corrected chi connectivity index (χ1v) is 8.72. The zero-order valence-corrected chi connectivity index (χ0v) is 14.9. The second-order valence-electron chi connectivity index (χ2n) is 5.12. The maximum absolute atomic E-state index is 12.5. The topological polar surface area (TPSA) is 50.9 Å². The third kappa shape index (κ3) is 3.55. The van der Waals surface area contributed by atoms with E-state index >= 15 is 0 Å². The molecule has 1 N–H and O–H groups in total. The lowest BCUT2D eigenvalue weighted by Gasteiger charge is -2.06. The summed E-state index contributed by atoms with van der Waals surface area (Å²) in [6, 6.07) is 3.65. The van der Waals surface area contributed by atoms with Crippen molar-refractivity contribution in [2.45, 2.75) is 40.7 Å². The highest BCUT2D eigenvalue weighted by atomic mass is 32.1. The molecule has 2 unspecified atom stereocenters. The fourth-order valence-corrected chi connectivity index (χ4v) is 2.90. The first kappa shape index (κ1) is 17.5. The molecule has 0 bridgehead atoms. The van der Waals surface area contributed by atoms with Gasteiger partial charge in [-0.1, -0.05) is 39.8 Å². The number of aromatic nitrogens is 2. The van der Waals surface area contributed by atoms with Crippen molar-refractivity contribution in [2.24, 2.45) is 11.8 Å². The second kappa shape index (κ2) is 7.59. The van der Waals surface area contributed by atoms with E-state index in [4.69, 9.17) is 16.6 Å². The van der Waals surface area contributed by atoms with E-state index in [0.29, 0.717) is 23.2 Å². The predicted molar refractivity (Wildman–Crippen MR) is 98.3 cm³/mol. The van der Waals surface area contributed by atoms with Gasteiger partial charge in [-0.15, -0.1) is 0 Å². The van der Waals surface area contributed by atoms with Crippen LogP contribution in [0.1, 0.15) is 41.3 Å². The minimum absolute atomic E-state index is 0. The summed E-state index contributed by atoms with van der Waals surface area (Å²) in [7, 11) is 0. The summed E-state index contributed by atoms with van der Waals surface area (Å²) in [5.74, 6) is 1.87. The van der Waals surface area contributed by atoms with Crippen LogP contribution in [-0.2, 0) is 6.54 Å². The van der Waals surface area contributed by atoms with Crippen LogP contribution in [0.4, 0.5) is 0 Å². The van der Waals surface area contributed by atoms with Crippen molar-refractivity contribution in [3.8, 4) is 0 Å². The van der Waals surface area contributed by atoms with E-state index in [-0.39, 0.29) is 6.99 Å². The Balaban J connectivity index is 0.000000539. The van der Waals surface area contributed by atoms with Crippen molar-refractivity contribution in [1.82, 2.24) is 9.55 Å². The van der Waals surface area contributed by atoms with Gasteiger partial charge in [-0.3, -0.25) is 9.36 Å². The Morgan fingerprint density at radius 2 is 2.00 bits per heavy atom. The van der Waals surface area contributed by atoms with Gasteiger partial charge in [0.15, 0.2) is 4.77 Å². The Labute approximate surface area is 142 Å². The number of nitrogens with zero attached hydrogens (tertiary/aromatic N) is 1. The Morgan fingerprint density at radius 1 is 1.30 bits per heavy atom. The number of fused-ring (bicyclic) bond motifs is 2. The molecule has 0 spiro atoms. The van der Waals surface area contributed by atoms with Crippen LogP contribution in [0.25, 0.3) is 12.2 Å². The molecule has 4 nitrogen and oxygen atoms in total. The molecule has 2 heterocycles. The molecular weight excluding hydrogens is 308 g/mol. The van der Waals surface area contributed by atoms with Crippen LogP contribution in [0.5, 0.6) is 0 Å². The summed E-state index contributed by atoms with van der Waals surface area (Å²) < 4.78 is 7.29. The highest BCUT2D eigenvalue weighted by molar-refractivity contribution is 7.71. The fourth-order valence-electron chi connectivity index (χ4n) is 2.64. The van der Waals surface area contributed by atoms with E-state index < -0.39 is 0 Å². The second-order valence-corrected chi connectivity index (χ2v) is 5.51. The Morgan fingerprint density at radius 3 is 2.65 bits per heavy atom. The van der Waals surface area contributed by atoms with Crippen LogP contribution in [0.2, 0.25) is 0 Å². The first-order chi connectivity index (χ1) is 11.2. The van der Waals surface area contributed by atoms with Crippen LogP contribution in [0.3, 0.4) is 0 Å². The van der Waals surface area contributed by atoms with E-state index in [2.05, 4.69) is 17.1 Å². The van der Waals surface area contributed by atoms with Gasteiger partial charge in [-0.05, 0) is 42.6 Å². The van der Waals surface area contributed by atoms with E-state index in [1.54, 1.807) is 16.9 Å². The molecule has 2 aromatic heterocycles. The molecule has 2 aliphatic carbocycles. The number of rotatable bonds is 2. The van der Waals surface area contributed by atoms with Gasteiger partial charge in [0.05, 0.1) is 18.0 Å². The molecule has 5 heteroatoms. The van der Waals surface area contributed by atoms with Gasteiger partial charge in [0.1, 0.15) is 5.76 Å². The predicted octanol–water partition coefficient (Wildman–Crippen LogP) is 3.06. The average Bonchev–Trinajstić information content (AvgIpc) is 3.15. The monoisotopic (exact) mass is 334 g/mol. The summed E-state index contributed by atoms with van der Waals surface area (Å²) in [6.07, 6.45) is 6.95. The van der Waals surface area contributed by atoms with E-state index in [9.17, 15) is 4.79 Å². The van der Waals surface area contributed by atoms with Crippen molar-refractivity contribution < 1.29 is 5.84 Å². The molecule has 23 heavy (non-hydrogen) atoms.